The number of carbonyl (C=O) groups is 1. The molecule has 0 aliphatic heterocycles. The number of pyridine rings is 1. The zero-order chi connectivity index (χ0) is 26.8. The molecule has 0 unspecified atom stereocenters. The molecule has 39 heavy (non-hydrogen) atoms. The molecule has 0 saturated heterocycles. The van der Waals surface area contributed by atoms with Crippen LogP contribution in [0.2, 0.25) is 0 Å². The van der Waals surface area contributed by atoms with Gasteiger partial charge in [0.1, 0.15) is 5.56 Å². The van der Waals surface area contributed by atoms with E-state index in [0.29, 0.717) is 11.2 Å². The molecule has 4 heterocycles. The zero-order valence-corrected chi connectivity index (χ0v) is 20.9. The van der Waals surface area contributed by atoms with Gasteiger partial charge in [0.25, 0.3) is 5.91 Å². The van der Waals surface area contributed by atoms with Gasteiger partial charge in [0, 0.05) is 35.7 Å². The minimum atomic E-state index is -0.400. The molecule has 0 aliphatic rings. The van der Waals surface area contributed by atoms with Gasteiger partial charge < -0.3 is 11.1 Å². The highest BCUT2D eigenvalue weighted by atomic mass is 16.1. The number of fused-ring (bicyclic) bond motifs is 2. The Morgan fingerprint density at radius 1 is 1.03 bits per heavy atom. The number of carbonyl (C=O) groups excluding carboxylic acids is 1. The summed E-state index contributed by atoms with van der Waals surface area (Å²) >= 11 is 0. The second-order valence-corrected chi connectivity index (χ2v) is 8.91. The normalized spacial score (nSPS) is 11.6. The van der Waals surface area contributed by atoms with Crippen molar-refractivity contribution < 1.29 is 4.79 Å². The van der Waals surface area contributed by atoms with E-state index < -0.39 is 6.04 Å². The Balaban J connectivity index is 1.43. The standard InChI is InChI=1S/C30H22N8O/c1-19(35-30(39)27-28(31)37-38-15-5-12-33-29(27)38)23-17-26-25(16-24(23)21-6-3-2-4-7-21)22(18-34-36-26)9-8-20-10-13-32-14-11-20/h2-7,10-19H,1H3,(H2,31,37)(H,35,39)/t19-/m1/s1. The molecule has 9 nitrogen and oxygen atoms in total. The number of hydrogen-bond acceptors (Lipinski definition) is 7. The van der Waals surface area contributed by atoms with E-state index in [1.54, 1.807) is 37.1 Å². The average Bonchev–Trinajstić information content (AvgIpc) is 3.32. The van der Waals surface area contributed by atoms with Crippen molar-refractivity contribution in [2.75, 3.05) is 5.73 Å². The van der Waals surface area contributed by atoms with Gasteiger partial charge in [-0.3, -0.25) is 9.78 Å². The quantitative estimate of drug-likeness (QED) is 0.341. The first-order valence-electron chi connectivity index (χ1n) is 12.2. The summed E-state index contributed by atoms with van der Waals surface area (Å²) in [6.07, 6.45) is 8.38. The number of nitrogens with one attached hydrogen (secondary N) is 1. The zero-order valence-electron chi connectivity index (χ0n) is 20.9. The molecule has 0 bridgehead atoms. The summed E-state index contributed by atoms with van der Waals surface area (Å²) in [6, 6.07) is 19.0. The van der Waals surface area contributed by atoms with E-state index in [9.17, 15) is 4.79 Å². The fraction of sp³-hybridized carbons (Fsp3) is 0.0667. The summed E-state index contributed by atoms with van der Waals surface area (Å²) in [4.78, 5) is 21.7. The highest BCUT2D eigenvalue weighted by Gasteiger charge is 2.23. The lowest BCUT2D eigenvalue weighted by Crippen LogP contribution is -2.27. The largest absolute Gasteiger partial charge is 0.381 e. The van der Waals surface area contributed by atoms with Crippen LogP contribution in [-0.4, -0.2) is 35.7 Å². The molecular formula is C30H22N8O. The van der Waals surface area contributed by atoms with Crippen molar-refractivity contribution >= 4 is 28.3 Å². The second-order valence-electron chi connectivity index (χ2n) is 8.91. The van der Waals surface area contributed by atoms with Crippen molar-refractivity contribution in [2.45, 2.75) is 13.0 Å². The van der Waals surface area contributed by atoms with Crippen LogP contribution in [0.25, 0.3) is 27.7 Å². The molecule has 188 valence electrons. The number of rotatable bonds is 4. The Morgan fingerprint density at radius 2 is 1.85 bits per heavy atom. The van der Waals surface area contributed by atoms with Gasteiger partial charge >= 0.3 is 0 Å². The predicted molar refractivity (Wildman–Crippen MR) is 148 cm³/mol. The van der Waals surface area contributed by atoms with E-state index in [2.05, 4.69) is 48.5 Å². The molecule has 3 N–H and O–H groups in total. The molecule has 0 aliphatic carbocycles. The highest BCUT2D eigenvalue weighted by Crippen LogP contribution is 2.33. The Bertz CT molecular complexity index is 1890. The number of benzene rings is 2. The van der Waals surface area contributed by atoms with Crippen LogP contribution in [-0.2, 0) is 0 Å². The van der Waals surface area contributed by atoms with Crippen molar-refractivity contribution in [1.29, 1.82) is 0 Å². The van der Waals surface area contributed by atoms with Gasteiger partial charge in [0.2, 0.25) is 0 Å². The van der Waals surface area contributed by atoms with Gasteiger partial charge in [-0.1, -0.05) is 42.2 Å². The van der Waals surface area contributed by atoms with Crippen LogP contribution < -0.4 is 11.1 Å². The molecule has 1 atom stereocenters. The van der Waals surface area contributed by atoms with Gasteiger partial charge in [0.05, 0.1) is 23.3 Å². The minimum absolute atomic E-state index is 0.114. The van der Waals surface area contributed by atoms with Crippen molar-refractivity contribution in [1.82, 2.24) is 35.1 Å². The van der Waals surface area contributed by atoms with Gasteiger partial charge in [-0.25, -0.2) is 9.50 Å². The van der Waals surface area contributed by atoms with Crippen LogP contribution in [0.3, 0.4) is 0 Å². The summed E-state index contributed by atoms with van der Waals surface area (Å²) in [5.41, 5.74) is 11.8. The molecule has 6 aromatic rings. The summed E-state index contributed by atoms with van der Waals surface area (Å²) < 4.78 is 1.49. The first-order valence-corrected chi connectivity index (χ1v) is 12.2. The number of amides is 1. The highest BCUT2D eigenvalue weighted by molar-refractivity contribution is 6.04. The molecule has 0 saturated carbocycles. The smallest absolute Gasteiger partial charge is 0.259 e. The lowest BCUT2D eigenvalue weighted by atomic mass is 9.92. The lowest BCUT2D eigenvalue weighted by molar-refractivity contribution is 0.0942. The summed E-state index contributed by atoms with van der Waals surface area (Å²) in [5, 5.41) is 16.7. The number of aromatic nitrogens is 6. The molecule has 1 amide bonds. The Hall–Kier alpha value is -5.62. The van der Waals surface area contributed by atoms with E-state index in [0.717, 1.165) is 33.2 Å². The third kappa shape index (κ3) is 4.63. The Kier molecular flexibility index (Phi) is 6.11. The van der Waals surface area contributed by atoms with E-state index in [1.165, 1.54) is 4.52 Å². The first-order chi connectivity index (χ1) is 19.1. The van der Waals surface area contributed by atoms with Gasteiger partial charge in [-0.2, -0.15) is 10.2 Å². The molecule has 9 heteroatoms. The maximum atomic E-state index is 13.4. The molecule has 2 aromatic carbocycles. The first kappa shape index (κ1) is 23.8. The SMILES string of the molecule is C[C@@H](NC(=O)c1c(N)nn2cccnc12)c1cc2nncc(C#Cc3ccncc3)c2cc1-c1ccccc1. The number of nitrogen functional groups attached to an aromatic ring is 1. The van der Waals surface area contributed by atoms with Gasteiger partial charge in [-0.15, -0.1) is 5.10 Å². The van der Waals surface area contributed by atoms with Crippen molar-refractivity contribution in [3.8, 4) is 23.0 Å². The number of anilines is 1. The molecule has 6 rings (SSSR count). The van der Waals surface area contributed by atoms with Gasteiger partial charge in [-0.05, 0) is 53.9 Å². The third-order valence-corrected chi connectivity index (χ3v) is 6.38. The molecular weight excluding hydrogens is 488 g/mol. The van der Waals surface area contributed by atoms with Crippen LogP contribution >= 0.6 is 0 Å². The minimum Gasteiger partial charge on any atom is -0.381 e. The summed E-state index contributed by atoms with van der Waals surface area (Å²) in [7, 11) is 0. The average molecular weight is 511 g/mol. The maximum Gasteiger partial charge on any atom is 0.259 e. The van der Waals surface area contributed by atoms with Crippen LogP contribution in [0, 0.1) is 11.8 Å². The van der Waals surface area contributed by atoms with Crippen LogP contribution in [0.4, 0.5) is 5.82 Å². The van der Waals surface area contributed by atoms with Crippen molar-refractivity contribution in [3.05, 3.63) is 114 Å². The van der Waals surface area contributed by atoms with Crippen molar-refractivity contribution in [3.63, 3.8) is 0 Å². The van der Waals surface area contributed by atoms with Crippen molar-refractivity contribution in [2.24, 2.45) is 0 Å². The molecule has 0 fully saturated rings. The molecule has 4 aromatic heterocycles. The topological polar surface area (TPSA) is 124 Å². The number of nitrogens with zero attached hydrogens (tertiary/aromatic N) is 6. The maximum absolute atomic E-state index is 13.4. The fourth-order valence-corrected chi connectivity index (χ4v) is 4.49. The van der Waals surface area contributed by atoms with Crippen LogP contribution in [0.1, 0.15) is 40.0 Å². The second kappa shape index (κ2) is 10.0. The van der Waals surface area contributed by atoms with Gasteiger partial charge in [0.15, 0.2) is 11.5 Å². The number of nitrogens with two attached hydrogens (primary N) is 1. The molecule has 0 spiro atoms. The Labute approximate surface area is 223 Å². The monoisotopic (exact) mass is 510 g/mol. The van der Waals surface area contributed by atoms with E-state index in [4.69, 9.17) is 5.73 Å². The number of hydrogen-bond donors (Lipinski definition) is 2. The van der Waals surface area contributed by atoms with E-state index in [-0.39, 0.29) is 17.3 Å². The fourth-order valence-electron chi connectivity index (χ4n) is 4.49. The summed E-state index contributed by atoms with van der Waals surface area (Å²) in [5.74, 6) is 6.15. The third-order valence-electron chi connectivity index (χ3n) is 6.38. The van der Waals surface area contributed by atoms with E-state index in [1.807, 2.05) is 55.5 Å². The van der Waals surface area contributed by atoms with Crippen LogP contribution in [0.5, 0.6) is 0 Å². The summed E-state index contributed by atoms with van der Waals surface area (Å²) in [6.45, 7) is 1.92. The lowest BCUT2D eigenvalue weighted by Gasteiger charge is -2.19. The predicted octanol–water partition coefficient (Wildman–Crippen LogP) is 4.21. The van der Waals surface area contributed by atoms with Crippen LogP contribution in [0.15, 0.2) is 91.6 Å². The van der Waals surface area contributed by atoms with E-state index >= 15 is 0 Å². The Morgan fingerprint density at radius 3 is 2.67 bits per heavy atom. The molecule has 0 radical (unpaired) electrons.